The van der Waals surface area contributed by atoms with E-state index in [2.05, 4.69) is 54.5 Å². The van der Waals surface area contributed by atoms with E-state index >= 15 is 0 Å². The monoisotopic (exact) mass is 423 g/mol. The van der Waals surface area contributed by atoms with E-state index in [1.807, 2.05) is 12.1 Å². The number of hydrogen-bond acceptors (Lipinski definition) is 8. The van der Waals surface area contributed by atoms with E-state index in [0.29, 0.717) is 11.8 Å². The average molecular weight is 424 g/mol. The van der Waals surface area contributed by atoms with E-state index in [4.69, 9.17) is 26.7 Å². The molecule has 2 heterocycles. The van der Waals surface area contributed by atoms with Crippen LogP contribution in [0.5, 0.6) is 0 Å². The van der Waals surface area contributed by atoms with Gasteiger partial charge in [0.2, 0.25) is 0 Å². The SMILES string of the molecule is C=C(N)/N=C\C(=C/N)c1ccc(C(C)(c2noc(N3CCC(N)CC3)n2)C(C)C)cc1. The van der Waals surface area contributed by atoms with Gasteiger partial charge >= 0.3 is 6.01 Å². The Morgan fingerprint density at radius 1 is 1.29 bits per heavy atom. The van der Waals surface area contributed by atoms with Crippen molar-refractivity contribution in [1.29, 1.82) is 0 Å². The van der Waals surface area contributed by atoms with E-state index in [1.54, 1.807) is 6.21 Å². The molecule has 0 amide bonds. The molecule has 1 fully saturated rings. The largest absolute Gasteiger partial charge is 0.404 e. The molecule has 1 aliphatic rings. The Kier molecular flexibility index (Phi) is 6.80. The fourth-order valence-corrected chi connectivity index (χ4v) is 3.74. The van der Waals surface area contributed by atoms with Crippen molar-refractivity contribution in [3.05, 3.63) is 59.8 Å². The highest BCUT2D eigenvalue weighted by atomic mass is 16.5. The first kappa shape index (κ1) is 22.6. The molecule has 6 N–H and O–H groups in total. The first-order valence-electron chi connectivity index (χ1n) is 10.6. The lowest BCUT2D eigenvalue weighted by Crippen LogP contribution is -2.40. The van der Waals surface area contributed by atoms with Gasteiger partial charge in [-0.2, -0.15) is 4.98 Å². The lowest BCUT2D eigenvalue weighted by molar-refractivity contribution is 0.345. The Bertz CT molecular complexity index is 953. The van der Waals surface area contributed by atoms with E-state index in [1.165, 1.54) is 6.20 Å². The van der Waals surface area contributed by atoms with Crippen molar-refractivity contribution >= 4 is 17.8 Å². The van der Waals surface area contributed by atoms with Crippen molar-refractivity contribution in [3.8, 4) is 0 Å². The third kappa shape index (κ3) is 4.80. The van der Waals surface area contributed by atoms with Crippen LogP contribution >= 0.6 is 0 Å². The molecule has 3 rings (SSSR count). The summed E-state index contributed by atoms with van der Waals surface area (Å²) in [5.74, 6) is 1.15. The molecule has 1 aromatic carbocycles. The van der Waals surface area contributed by atoms with Crippen molar-refractivity contribution in [1.82, 2.24) is 10.1 Å². The van der Waals surface area contributed by atoms with Gasteiger partial charge in [0.05, 0.1) is 5.41 Å². The molecular formula is C23H33N7O. The van der Waals surface area contributed by atoms with E-state index in [9.17, 15) is 0 Å². The maximum absolute atomic E-state index is 6.02. The van der Waals surface area contributed by atoms with E-state index < -0.39 is 5.41 Å². The van der Waals surface area contributed by atoms with Crippen molar-refractivity contribution in [3.63, 3.8) is 0 Å². The van der Waals surface area contributed by atoms with Gasteiger partial charge in [-0.15, -0.1) is 0 Å². The topological polar surface area (TPSA) is 133 Å². The van der Waals surface area contributed by atoms with Crippen molar-refractivity contribution in [2.24, 2.45) is 28.1 Å². The highest BCUT2D eigenvalue weighted by Crippen LogP contribution is 2.38. The summed E-state index contributed by atoms with van der Waals surface area (Å²) in [4.78, 5) is 10.9. The van der Waals surface area contributed by atoms with Crippen molar-refractivity contribution in [2.75, 3.05) is 18.0 Å². The third-order valence-electron chi connectivity index (χ3n) is 6.21. The summed E-state index contributed by atoms with van der Waals surface area (Å²) in [5, 5.41) is 4.37. The van der Waals surface area contributed by atoms with Crippen molar-refractivity contribution < 1.29 is 4.52 Å². The van der Waals surface area contributed by atoms with Gasteiger partial charge in [-0.3, -0.25) is 0 Å². The molecule has 2 aromatic rings. The van der Waals surface area contributed by atoms with Crippen LogP contribution in [-0.2, 0) is 5.41 Å². The Hall–Kier alpha value is -3.13. The van der Waals surface area contributed by atoms with Crippen LogP contribution in [0.1, 0.15) is 50.6 Å². The molecule has 1 unspecified atom stereocenters. The van der Waals surface area contributed by atoms with Gasteiger partial charge in [-0.1, -0.05) is 49.8 Å². The zero-order valence-electron chi connectivity index (χ0n) is 18.6. The van der Waals surface area contributed by atoms with Gasteiger partial charge in [0, 0.05) is 37.1 Å². The van der Waals surface area contributed by atoms with Crippen LogP contribution in [0.15, 0.2) is 52.4 Å². The van der Waals surface area contributed by atoms with Crippen LogP contribution in [0.3, 0.4) is 0 Å². The fourth-order valence-electron chi connectivity index (χ4n) is 3.74. The van der Waals surface area contributed by atoms with Crippen LogP contribution in [0.2, 0.25) is 0 Å². The van der Waals surface area contributed by atoms with Gasteiger partial charge in [0.1, 0.15) is 5.82 Å². The first-order chi connectivity index (χ1) is 14.8. The molecule has 0 saturated carbocycles. The van der Waals surface area contributed by atoms with Crippen LogP contribution in [-0.4, -0.2) is 35.5 Å². The minimum absolute atomic E-state index is 0.229. The van der Waals surface area contributed by atoms with E-state index in [-0.39, 0.29) is 17.8 Å². The summed E-state index contributed by atoms with van der Waals surface area (Å²) in [5.41, 5.74) is 19.7. The summed E-state index contributed by atoms with van der Waals surface area (Å²) < 4.78 is 5.65. The molecule has 0 spiro atoms. The second-order valence-corrected chi connectivity index (χ2v) is 8.53. The minimum atomic E-state index is -0.418. The third-order valence-corrected chi connectivity index (χ3v) is 6.21. The van der Waals surface area contributed by atoms with Gasteiger partial charge in [0.25, 0.3) is 0 Å². The fraction of sp³-hybridized carbons (Fsp3) is 0.435. The standard InChI is InChI=1S/C23H33N7O/c1-15(2)23(4,21-28-22(31-29-21)30-11-9-20(26)10-12-30)19-7-5-17(6-8-19)18(13-24)14-27-16(3)25/h5-8,13-15,20H,3,9-12,24-26H2,1-2,4H3/b18-13+,27-14-. The Morgan fingerprint density at radius 2 is 1.94 bits per heavy atom. The molecule has 8 nitrogen and oxygen atoms in total. The van der Waals surface area contributed by atoms with Gasteiger partial charge in [0.15, 0.2) is 5.82 Å². The number of aromatic nitrogens is 2. The summed E-state index contributed by atoms with van der Waals surface area (Å²) in [6, 6.07) is 8.97. The molecule has 166 valence electrons. The number of benzene rings is 1. The summed E-state index contributed by atoms with van der Waals surface area (Å²) in [6.07, 6.45) is 4.96. The van der Waals surface area contributed by atoms with Crippen LogP contribution in [0, 0.1) is 5.92 Å². The number of rotatable bonds is 7. The molecule has 0 bridgehead atoms. The number of hydrogen-bond donors (Lipinski definition) is 3. The molecule has 0 aliphatic carbocycles. The second-order valence-electron chi connectivity index (χ2n) is 8.53. The molecule has 1 aromatic heterocycles. The number of nitrogens with zero attached hydrogens (tertiary/aromatic N) is 4. The number of anilines is 1. The molecule has 1 atom stereocenters. The van der Waals surface area contributed by atoms with E-state index in [0.717, 1.165) is 42.6 Å². The lowest BCUT2D eigenvalue weighted by atomic mass is 9.72. The molecule has 0 radical (unpaired) electrons. The normalized spacial score (nSPS) is 18.0. The Labute approximate surface area is 183 Å². The maximum Gasteiger partial charge on any atom is 0.324 e. The van der Waals surface area contributed by atoms with Crippen molar-refractivity contribution in [2.45, 2.75) is 45.1 Å². The Morgan fingerprint density at radius 3 is 2.48 bits per heavy atom. The van der Waals surface area contributed by atoms with Gasteiger partial charge < -0.3 is 26.6 Å². The predicted molar refractivity (Wildman–Crippen MR) is 125 cm³/mol. The predicted octanol–water partition coefficient (Wildman–Crippen LogP) is 2.76. The minimum Gasteiger partial charge on any atom is -0.404 e. The number of allylic oxidation sites excluding steroid dienone is 1. The number of aliphatic imine (C=N–C) groups is 1. The molecular weight excluding hydrogens is 390 g/mol. The highest BCUT2D eigenvalue weighted by Gasteiger charge is 2.38. The molecule has 1 aliphatic heterocycles. The summed E-state index contributed by atoms with van der Waals surface area (Å²) in [6.45, 7) is 11.7. The average Bonchev–Trinajstić information content (AvgIpc) is 3.25. The number of piperidine rings is 1. The van der Waals surface area contributed by atoms with Gasteiger partial charge in [-0.05, 0) is 36.8 Å². The van der Waals surface area contributed by atoms with Gasteiger partial charge in [-0.25, -0.2) is 4.99 Å². The molecule has 8 heteroatoms. The zero-order valence-corrected chi connectivity index (χ0v) is 18.6. The maximum atomic E-state index is 6.02. The quantitative estimate of drug-likeness (QED) is 0.583. The van der Waals surface area contributed by atoms with Crippen LogP contribution in [0.4, 0.5) is 6.01 Å². The first-order valence-corrected chi connectivity index (χ1v) is 10.6. The Balaban J connectivity index is 1.88. The van der Waals surface area contributed by atoms with Crippen LogP contribution in [0.25, 0.3) is 5.57 Å². The summed E-state index contributed by atoms with van der Waals surface area (Å²) >= 11 is 0. The zero-order chi connectivity index (χ0) is 22.6. The summed E-state index contributed by atoms with van der Waals surface area (Å²) in [7, 11) is 0. The second kappa shape index (κ2) is 9.34. The number of nitrogens with two attached hydrogens (primary N) is 3. The smallest absolute Gasteiger partial charge is 0.324 e. The molecule has 1 saturated heterocycles. The molecule has 31 heavy (non-hydrogen) atoms. The lowest BCUT2D eigenvalue weighted by Gasteiger charge is -2.31. The van der Waals surface area contributed by atoms with Crippen LogP contribution < -0.4 is 22.1 Å². The highest BCUT2D eigenvalue weighted by molar-refractivity contribution is 6.09.